The molecule has 56 valence electrons. The molecule has 1 fully saturated rings. The first kappa shape index (κ1) is 6.41. The van der Waals surface area contributed by atoms with Crippen LogP contribution in [0.2, 0.25) is 0 Å². The van der Waals surface area contributed by atoms with Crippen LogP contribution in [0.4, 0.5) is 0 Å². The SMILES string of the molecule is CC(C)C12CC=CCC1O2. The maximum absolute atomic E-state index is 5.66. The Bertz CT molecular complexity index is 172. The van der Waals surface area contributed by atoms with E-state index in [4.69, 9.17) is 4.74 Å². The molecule has 0 N–H and O–H groups in total. The fourth-order valence-electron chi connectivity index (χ4n) is 1.89. The first-order valence-electron chi connectivity index (χ1n) is 4.08. The van der Waals surface area contributed by atoms with Crippen molar-refractivity contribution in [2.45, 2.75) is 38.4 Å². The summed E-state index contributed by atoms with van der Waals surface area (Å²) in [7, 11) is 0. The average molecular weight is 138 g/mol. The highest BCUT2D eigenvalue weighted by molar-refractivity contribution is 5.15. The van der Waals surface area contributed by atoms with Gasteiger partial charge in [0.05, 0.1) is 6.10 Å². The van der Waals surface area contributed by atoms with E-state index in [0.717, 1.165) is 12.8 Å². The third kappa shape index (κ3) is 0.671. The van der Waals surface area contributed by atoms with Crippen LogP contribution in [0.15, 0.2) is 12.2 Å². The minimum Gasteiger partial charge on any atom is -0.365 e. The van der Waals surface area contributed by atoms with Crippen molar-refractivity contribution in [3.63, 3.8) is 0 Å². The van der Waals surface area contributed by atoms with E-state index in [-0.39, 0.29) is 5.60 Å². The van der Waals surface area contributed by atoms with Crippen molar-refractivity contribution >= 4 is 0 Å². The first-order valence-corrected chi connectivity index (χ1v) is 4.08. The van der Waals surface area contributed by atoms with Crippen LogP contribution in [0.5, 0.6) is 0 Å². The third-order valence-electron chi connectivity index (χ3n) is 2.78. The van der Waals surface area contributed by atoms with Crippen molar-refractivity contribution in [3.8, 4) is 0 Å². The molecule has 10 heavy (non-hydrogen) atoms. The maximum atomic E-state index is 5.66. The van der Waals surface area contributed by atoms with Crippen LogP contribution in [0.3, 0.4) is 0 Å². The number of hydrogen-bond acceptors (Lipinski definition) is 1. The molecule has 0 saturated carbocycles. The Morgan fingerprint density at radius 2 is 2.30 bits per heavy atom. The lowest BCUT2D eigenvalue weighted by Crippen LogP contribution is -2.23. The van der Waals surface area contributed by atoms with Gasteiger partial charge in [-0.15, -0.1) is 0 Å². The molecule has 2 unspecified atom stereocenters. The molecule has 1 heterocycles. The molecule has 1 nitrogen and oxygen atoms in total. The fourth-order valence-corrected chi connectivity index (χ4v) is 1.89. The molecule has 0 aromatic heterocycles. The Hall–Kier alpha value is -0.300. The number of fused-ring (bicyclic) bond motifs is 1. The monoisotopic (exact) mass is 138 g/mol. The maximum Gasteiger partial charge on any atom is 0.101 e. The zero-order valence-corrected chi connectivity index (χ0v) is 6.63. The predicted octanol–water partition coefficient (Wildman–Crippen LogP) is 2.13. The molecule has 0 amide bonds. The summed E-state index contributed by atoms with van der Waals surface area (Å²) < 4.78 is 5.66. The van der Waals surface area contributed by atoms with Crippen molar-refractivity contribution in [2.24, 2.45) is 5.92 Å². The summed E-state index contributed by atoms with van der Waals surface area (Å²) in [5.74, 6) is 0.683. The van der Waals surface area contributed by atoms with Gasteiger partial charge in [0.15, 0.2) is 0 Å². The lowest BCUT2D eigenvalue weighted by atomic mass is 9.85. The number of epoxide rings is 1. The van der Waals surface area contributed by atoms with Crippen LogP contribution in [-0.2, 0) is 4.74 Å². The Balaban J connectivity index is 2.13. The van der Waals surface area contributed by atoms with E-state index in [1.54, 1.807) is 0 Å². The summed E-state index contributed by atoms with van der Waals surface area (Å²) in [6, 6.07) is 0. The molecule has 0 bridgehead atoms. The van der Waals surface area contributed by atoms with Crippen LogP contribution < -0.4 is 0 Å². The Labute approximate surface area is 62.1 Å². The normalized spacial score (nSPS) is 43.7. The van der Waals surface area contributed by atoms with Gasteiger partial charge in [-0.25, -0.2) is 0 Å². The number of ether oxygens (including phenoxy) is 1. The lowest BCUT2D eigenvalue weighted by molar-refractivity contribution is 0.239. The van der Waals surface area contributed by atoms with E-state index in [2.05, 4.69) is 26.0 Å². The van der Waals surface area contributed by atoms with Gasteiger partial charge in [-0.05, 0) is 18.8 Å². The summed E-state index contributed by atoms with van der Waals surface area (Å²) in [5, 5.41) is 0. The van der Waals surface area contributed by atoms with Gasteiger partial charge in [-0.2, -0.15) is 0 Å². The largest absolute Gasteiger partial charge is 0.365 e. The van der Waals surface area contributed by atoms with Gasteiger partial charge < -0.3 is 4.74 Å². The first-order chi connectivity index (χ1) is 4.76. The summed E-state index contributed by atoms with van der Waals surface area (Å²) in [5.41, 5.74) is 0.259. The van der Waals surface area contributed by atoms with Gasteiger partial charge in [0.1, 0.15) is 5.60 Å². The Kier molecular flexibility index (Phi) is 1.19. The predicted molar refractivity (Wildman–Crippen MR) is 40.8 cm³/mol. The van der Waals surface area contributed by atoms with Crippen molar-refractivity contribution in [1.82, 2.24) is 0 Å². The zero-order valence-electron chi connectivity index (χ0n) is 6.63. The third-order valence-corrected chi connectivity index (χ3v) is 2.78. The van der Waals surface area contributed by atoms with E-state index >= 15 is 0 Å². The van der Waals surface area contributed by atoms with Gasteiger partial charge in [-0.1, -0.05) is 26.0 Å². The van der Waals surface area contributed by atoms with Crippen molar-refractivity contribution in [1.29, 1.82) is 0 Å². The topological polar surface area (TPSA) is 12.5 Å². The van der Waals surface area contributed by atoms with E-state index in [1.807, 2.05) is 0 Å². The highest BCUT2D eigenvalue weighted by Gasteiger charge is 2.57. The Morgan fingerprint density at radius 3 is 2.80 bits per heavy atom. The molecule has 0 aromatic rings. The van der Waals surface area contributed by atoms with Gasteiger partial charge in [-0.3, -0.25) is 0 Å². The van der Waals surface area contributed by atoms with Crippen molar-refractivity contribution in [2.75, 3.05) is 0 Å². The van der Waals surface area contributed by atoms with Gasteiger partial charge in [0, 0.05) is 0 Å². The van der Waals surface area contributed by atoms with Gasteiger partial charge in [0.25, 0.3) is 0 Å². The Morgan fingerprint density at radius 1 is 1.50 bits per heavy atom. The molecule has 1 heteroatoms. The summed E-state index contributed by atoms with van der Waals surface area (Å²) >= 11 is 0. The van der Waals surface area contributed by atoms with Crippen LogP contribution in [0.1, 0.15) is 26.7 Å². The molecule has 2 rings (SSSR count). The standard InChI is InChI=1S/C9H14O/c1-7(2)9-6-4-3-5-8(9)10-9/h3-4,7-8H,5-6H2,1-2H3. The lowest BCUT2D eigenvalue weighted by Gasteiger charge is -2.16. The summed E-state index contributed by atoms with van der Waals surface area (Å²) in [6.07, 6.45) is 7.31. The average Bonchev–Trinajstić information content (AvgIpc) is 2.61. The molecule has 0 spiro atoms. The quantitative estimate of drug-likeness (QED) is 0.399. The highest BCUT2D eigenvalue weighted by Crippen LogP contribution is 2.50. The second-order valence-electron chi connectivity index (χ2n) is 3.63. The summed E-state index contributed by atoms with van der Waals surface area (Å²) in [4.78, 5) is 0. The van der Waals surface area contributed by atoms with E-state index < -0.39 is 0 Å². The van der Waals surface area contributed by atoms with Gasteiger partial charge in [0.2, 0.25) is 0 Å². The smallest absolute Gasteiger partial charge is 0.101 e. The van der Waals surface area contributed by atoms with Gasteiger partial charge >= 0.3 is 0 Å². The second kappa shape index (κ2) is 1.85. The van der Waals surface area contributed by atoms with Crippen LogP contribution in [0, 0.1) is 5.92 Å². The van der Waals surface area contributed by atoms with E-state index in [1.165, 1.54) is 0 Å². The number of hydrogen-bond donors (Lipinski definition) is 0. The number of rotatable bonds is 1. The zero-order chi connectivity index (χ0) is 7.19. The molecule has 1 aliphatic heterocycles. The summed E-state index contributed by atoms with van der Waals surface area (Å²) in [6.45, 7) is 4.50. The van der Waals surface area contributed by atoms with Crippen LogP contribution in [0.25, 0.3) is 0 Å². The molecular weight excluding hydrogens is 124 g/mol. The van der Waals surface area contributed by atoms with Crippen molar-refractivity contribution in [3.05, 3.63) is 12.2 Å². The minimum absolute atomic E-state index is 0.259. The van der Waals surface area contributed by atoms with Crippen molar-refractivity contribution < 1.29 is 4.74 Å². The molecule has 0 aromatic carbocycles. The van der Waals surface area contributed by atoms with Crippen LogP contribution in [-0.4, -0.2) is 11.7 Å². The minimum atomic E-state index is 0.259. The molecule has 1 saturated heterocycles. The fraction of sp³-hybridized carbons (Fsp3) is 0.778. The molecule has 1 aliphatic carbocycles. The highest BCUT2D eigenvalue weighted by atomic mass is 16.6. The molecular formula is C9H14O. The molecule has 2 aliphatic rings. The van der Waals surface area contributed by atoms with E-state index in [9.17, 15) is 0 Å². The second-order valence-corrected chi connectivity index (χ2v) is 3.63. The van der Waals surface area contributed by atoms with Crippen LogP contribution >= 0.6 is 0 Å². The van der Waals surface area contributed by atoms with E-state index in [0.29, 0.717) is 12.0 Å². The molecule has 2 atom stereocenters. The molecule has 0 radical (unpaired) electrons.